The van der Waals surface area contributed by atoms with Crippen LogP contribution >= 0.6 is 0 Å². The molecule has 0 bridgehead atoms. The highest BCUT2D eigenvalue weighted by molar-refractivity contribution is 7.89. The van der Waals surface area contributed by atoms with Crippen molar-refractivity contribution in [1.29, 1.82) is 0 Å². The molecule has 2 aromatic rings. The van der Waals surface area contributed by atoms with Gasteiger partial charge in [-0.3, -0.25) is 4.68 Å². The Bertz CT molecular complexity index is 608. The van der Waals surface area contributed by atoms with E-state index in [1.807, 2.05) is 0 Å². The molecular weight excluding hydrogens is 268 g/mol. The first kappa shape index (κ1) is 13.4. The lowest BCUT2D eigenvalue weighted by atomic mass is 10.4. The van der Waals surface area contributed by atoms with Crippen LogP contribution in [0.4, 0.5) is 5.82 Å². The van der Waals surface area contributed by atoms with Crippen LogP contribution in [-0.4, -0.2) is 34.9 Å². The number of pyridine rings is 1. The molecular formula is C10H14N6O2S. The van der Waals surface area contributed by atoms with E-state index < -0.39 is 10.0 Å². The van der Waals surface area contributed by atoms with Gasteiger partial charge < -0.3 is 5.73 Å². The second kappa shape index (κ2) is 5.76. The van der Waals surface area contributed by atoms with Gasteiger partial charge in [-0.1, -0.05) is 5.21 Å². The Morgan fingerprint density at radius 3 is 2.84 bits per heavy atom. The van der Waals surface area contributed by atoms with Crippen LogP contribution in [0, 0.1) is 0 Å². The first-order chi connectivity index (χ1) is 9.08. The largest absolute Gasteiger partial charge is 0.384 e. The number of aromatic nitrogens is 4. The number of hydrogen-bond acceptors (Lipinski definition) is 6. The maximum atomic E-state index is 11.9. The van der Waals surface area contributed by atoms with E-state index in [9.17, 15) is 8.42 Å². The molecule has 2 rings (SSSR count). The number of nitrogens with two attached hydrogens (primary N) is 1. The van der Waals surface area contributed by atoms with Crippen molar-refractivity contribution in [2.24, 2.45) is 0 Å². The summed E-state index contributed by atoms with van der Waals surface area (Å²) >= 11 is 0. The summed E-state index contributed by atoms with van der Waals surface area (Å²) in [5, 5.41) is 7.44. The fraction of sp³-hybridized carbons (Fsp3) is 0.300. The minimum Gasteiger partial charge on any atom is -0.384 e. The molecule has 0 radical (unpaired) electrons. The summed E-state index contributed by atoms with van der Waals surface area (Å²) in [5.41, 5.74) is 5.40. The lowest BCUT2D eigenvalue weighted by Gasteiger charge is -2.06. The molecule has 102 valence electrons. The van der Waals surface area contributed by atoms with Gasteiger partial charge in [0.15, 0.2) is 0 Å². The standard InChI is InChI=1S/C10H14N6O2S/c11-10-3-2-9(8-12-10)19(17,18)14-4-1-6-16-7-5-13-15-16/h2-3,5,7-8,14H,1,4,6H2,(H2,11,12). The molecule has 19 heavy (non-hydrogen) atoms. The van der Waals surface area contributed by atoms with Gasteiger partial charge >= 0.3 is 0 Å². The zero-order chi connectivity index (χ0) is 13.7. The van der Waals surface area contributed by atoms with Gasteiger partial charge in [-0.25, -0.2) is 18.1 Å². The first-order valence-corrected chi connectivity index (χ1v) is 7.11. The van der Waals surface area contributed by atoms with E-state index in [1.165, 1.54) is 18.3 Å². The zero-order valence-electron chi connectivity index (χ0n) is 10.1. The molecule has 8 nitrogen and oxygen atoms in total. The van der Waals surface area contributed by atoms with Crippen LogP contribution < -0.4 is 10.5 Å². The summed E-state index contributed by atoms with van der Waals surface area (Å²) in [6.07, 6.45) is 5.14. The van der Waals surface area contributed by atoms with Gasteiger partial charge in [0, 0.05) is 25.5 Å². The number of nitrogen functional groups attached to an aromatic ring is 1. The van der Waals surface area contributed by atoms with Crippen LogP contribution in [0.15, 0.2) is 35.6 Å². The second-order valence-corrected chi connectivity index (χ2v) is 5.60. The molecule has 3 N–H and O–H groups in total. The molecule has 0 saturated heterocycles. The summed E-state index contributed by atoms with van der Waals surface area (Å²) in [5.74, 6) is 0.283. The van der Waals surface area contributed by atoms with Crippen LogP contribution in [0.2, 0.25) is 0 Å². The minimum atomic E-state index is -3.53. The normalized spacial score (nSPS) is 11.6. The van der Waals surface area contributed by atoms with Crippen molar-refractivity contribution in [3.8, 4) is 0 Å². The summed E-state index contributed by atoms with van der Waals surface area (Å²) in [6, 6.07) is 2.87. The highest BCUT2D eigenvalue weighted by Gasteiger charge is 2.13. The molecule has 0 fully saturated rings. The van der Waals surface area contributed by atoms with Crippen molar-refractivity contribution in [2.75, 3.05) is 12.3 Å². The smallest absolute Gasteiger partial charge is 0.242 e. The van der Waals surface area contributed by atoms with E-state index in [-0.39, 0.29) is 10.7 Å². The zero-order valence-corrected chi connectivity index (χ0v) is 10.9. The van der Waals surface area contributed by atoms with Crippen molar-refractivity contribution in [3.05, 3.63) is 30.7 Å². The predicted molar refractivity (Wildman–Crippen MR) is 68.5 cm³/mol. The van der Waals surface area contributed by atoms with Gasteiger partial charge in [0.1, 0.15) is 10.7 Å². The summed E-state index contributed by atoms with van der Waals surface area (Å²) in [7, 11) is -3.53. The SMILES string of the molecule is Nc1ccc(S(=O)(=O)NCCCn2ccnn2)cn1. The number of nitrogens with one attached hydrogen (secondary N) is 1. The van der Waals surface area contributed by atoms with Gasteiger partial charge in [0.05, 0.1) is 6.20 Å². The Morgan fingerprint density at radius 1 is 1.37 bits per heavy atom. The summed E-state index contributed by atoms with van der Waals surface area (Å²) in [4.78, 5) is 3.85. The lowest BCUT2D eigenvalue weighted by Crippen LogP contribution is -2.25. The molecule has 2 aromatic heterocycles. The topological polar surface area (TPSA) is 116 Å². The van der Waals surface area contributed by atoms with Crippen molar-refractivity contribution in [2.45, 2.75) is 17.9 Å². The fourth-order valence-electron chi connectivity index (χ4n) is 1.43. The van der Waals surface area contributed by atoms with Gasteiger partial charge in [0.25, 0.3) is 0 Å². The maximum absolute atomic E-state index is 11.9. The molecule has 9 heteroatoms. The number of sulfonamides is 1. The molecule has 0 aliphatic carbocycles. The predicted octanol–water partition coefficient (Wildman–Crippen LogP) is -0.376. The van der Waals surface area contributed by atoms with E-state index in [1.54, 1.807) is 17.1 Å². The number of aryl methyl sites for hydroxylation is 1. The average Bonchev–Trinajstić information content (AvgIpc) is 2.88. The van der Waals surface area contributed by atoms with Crippen LogP contribution in [0.3, 0.4) is 0 Å². The van der Waals surface area contributed by atoms with E-state index in [0.717, 1.165) is 0 Å². The van der Waals surface area contributed by atoms with E-state index >= 15 is 0 Å². The first-order valence-electron chi connectivity index (χ1n) is 5.63. The molecule has 0 spiro atoms. The van der Waals surface area contributed by atoms with Crippen molar-refractivity contribution in [1.82, 2.24) is 24.7 Å². The molecule has 0 saturated carbocycles. The highest BCUT2D eigenvalue weighted by atomic mass is 32.2. The quantitative estimate of drug-likeness (QED) is 0.698. The molecule has 2 heterocycles. The van der Waals surface area contributed by atoms with E-state index in [2.05, 4.69) is 20.0 Å². The monoisotopic (exact) mass is 282 g/mol. The second-order valence-electron chi connectivity index (χ2n) is 3.84. The third-order valence-electron chi connectivity index (χ3n) is 2.40. The van der Waals surface area contributed by atoms with Crippen LogP contribution in [-0.2, 0) is 16.6 Å². The Hall–Kier alpha value is -2.00. The van der Waals surface area contributed by atoms with Crippen LogP contribution in [0.5, 0.6) is 0 Å². The Balaban J connectivity index is 1.86. The summed E-state index contributed by atoms with van der Waals surface area (Å²) < 4.78 is 27.9. The van der Waals surface area contributed by atoms with Gasteiger partial charge in [-0.15, -0.1) is 5.10 Å². The maximum Gasteiger partial charge on any atom is 0.242 e. The Kier molecular flexibility index (Phi) is 4.07. The number of nitrogens with zero attached hydrogens (tertiary/aromatic N) is 4. The molecule has 0 amide bonds. The fourth-order valence-corrected chi connectivity index (χ4v) is 2.45. The van der Waals surface area contributed by atoms with Gasteiger partial charge in [-0.05, 0) is 18.6 Å². The van der Waals surface area contributed by atoms with Crippen molar-refractivity contribution >= 4 is 15.8 Å². The van der Waals surface area contributed by atoms with E-state index in [0.29, 0.717) is 19.5 Å². The van der Waals surface area contributed by atoms with Gasteiger partial charge in [-0.2, -0.15) is 0 Å². The molecule has 0 atom stereocenters. The average molecular weight is 282 g/mol. The number of anilines is 1. The highest BCUT2D eigenvalue weighted by Crippen LogP contribution is 2.08. The third kappa shape index (κ3) is 3.73. The number of hydrogen-bond donors (Lipinski definition) is 2. The Morgan fingerprint density at radius 2 is 2.21 bits per heavy atom. The van der Waals surface area contributed by atoms with Crippen molar-refractivity contribution in [3.63, 3.8) is 0 Å². The van der Waals surface area contributed by atoms with Crippen molar-refractivity contribution < 1.29 is 8.42 Å². The molecule has 0 aliphatic heterocycles. The molecule has 0 aromatic carbocycles. The molecule has 0 aliphatic rings. The Labute approximate surface area is 110 Å². The number of rotatable bonds is 6. The van der Waals surface area contributed by atoms with Crippen LogP contribution in [0.25, 0.3) is 0 Å². The third-order valence-corrected chi connectivity index (χ3v) is 3.84. The minimum absolute atomic E-state index is 0.0995. The van der Waals surface area contributed by atoms with Gasteiger partial charge in [0.2, 0.25) is 10.0 Å². The summed E-state index contributed by atoms with van der Waals surface area (Å²) in [6.45, 7) is 0.912. The van der Waals surface area contributed by atoms with E-state index in [4.69, 9.17) is 5.73 Å². The van der Waals surface area contributed by atoms with Crippen LogP contribution in [0.1, 0.15) is 6.42 Å². The lowest BCUT2D eigenvalue weighted by molar-refractivity contribution is 0.542. The molecule has 0 unspecified atom stereocenters.